The van der Waals surface area contributed by atoms with E-state index in [0.717, 1.165) is 5.92 Å². The third-order valence-electron chi connectivity index (χ3n) is 4.40. The van der Waals surface area contributed by atoms with E-state index in [2.05, 4.69) is 26.8 Å². The van der Waals surface area contributed by atoms with Gasteiger partial charge in [0.05, 0.1) is 12.0 Å². The first-order valence-electron chi connectivity index (χ1n) is 4.97. The molecule has 0 aliphatic heterocycles. The molecule has 12 heavy (non-hydrogen) atoms. The van der Waals surface area contributed by atoms with Crippen LogP contribution in [0.2, 0.25) is 0 Å². The molecule has 3 rings (SSSR count). The van der Waals surface area contributed by atoms with Crippen molar-refractivity contribution in [2.45, 2.75) is 33.6 Å². The van der Waals surface area contributed by atoms with Crippen molar-refractivity contribution in [1.29, 1.82) is 5.26 Å². The summed E-state index contributed by atoms with van der Waals surface area (Å²) in [6, 6.07) is 2.50. The molecule has 3 aliphatic rings. The van der Waals surface area contributed by atoms with Crippen molar-refractivity contribution in [1.82, 2.24) is 0 Å². The first-order valence-corrected chi connectivity index (χ1v) is 4.97. The van der Waals surface area contributed by atoms with Gasteiger partial charge in [-0.3, -0.25) is 0 Å². The van der Waals surface area contributed by atoms with Crippen molar-refractivity contribution >= 4 is 0 Å². The van der Waals surface area contributed by atoms with Gasteiger partial charge in [0.25, 0.3) is 0 Å². The maximum absolute atomic E-state index is 9.04. The average molecular weight is 163 g/mol. The van der Waals surface area contributed by atoms with E-state index in [1.54, 1.807) is 0 Å². The molecule has 2 bridgehead atoms. The molecule has 0 amide bonds. The second kappa shape index (κ2) is 2.25. The molecule has 4 atom stereocenters. The first-order chi connectivity index (χ1) is 5.57. The van der Waals surface area contributed by atoms with E-state index in [1.807, 2.05) is 0 Å². The second-order valence-corrected chi connectivity index (χ2v) is 5.23. The number of hydrogen-bond acceptors (Lipinski definition) is 1. The molecule has 0 saturated heterocycles. The quantitative estimate of drug-likeness (QED) is 0.538. The van der Waals surface area contributed by atoms with Gasteiger partial charge in [-0.15, -0.1) is 0 Å². The summed E-state index contributed by atoms with van der Waals surface area (Å²) in [7, 11) is 0. The van der Waals surface area contributed by atoms with Crippen LogP contribution in [0.3, 0.4) is 0 Å². The minimum atomic E-state index is 0.338. The maximum atomic E-state index is 9.04. The molecule has 66 valence electrons. The van der Waals surface area contributed by atoms with Crippen LogP contribution in [0.25, 0.3) is 0 Å². The molecule has 0 aromatic heterocycles. The Bertz CT molecular complexity index is 236. The van der Waals surface area contributed by atoms with Gasteiger partial charge < -0.3 is 0 Å². The van der Waals surface area contributed by atoms with Crippen LogP contribution in [-0.2, 0) is 0 Å². The lowest BCUT2D eigenvalue weighted by Gasteiger charge is -2.60. The summed E-state index contributed by atoms with van der Waals surface area (Å²) in [4.78, 5) is 0. The van der Waals surface area contributed by atoms with Gasteiger partial charge in [0.2, 0.25) is 0 Å². The molecule has 0 radical (unpaired) electrons. The maximum Gasteiger partial charge on any atom is 0.0661 e. The zero-order valence-corrected chi connectivity index (χ0v) is 8.17. The van der Waals surface area contributed by atoms with Crippen molar-refractivity contribution < 1.29 is 0 Å². The number of fused-ring (bicyclic) bond motifs is 2. The molecule has 0 N–H and O–H groups in total. The third kappa shape index (κ3) is 0.787. The SMILES string of the molecule is C[C@@H]1C[C@@H]2C[C@H]([C@H]1C#N)C2(C)C. The van der Waals surface area contributed by atoms with Crippen molar-refractivity contribution in [2.24, 2.45) is 29.1 Å². The van der Waals surface area contributed by atoms with Gasteiger partial charge in [-0.1, -0.05) is 20.8 Å². The average Bonchev–Trinajstić information content (AvgIpc) is 2.03. The van der Waals surface area contributed by atoms with Crippen LogP contribution in [0.15, 0.2) is 0 Å². The fourth-order valence-corrected chi connectivity index (χ4v) is 3.27. The van der Waals surface area contributed by atoms with Crippen molar-refractivity contribution in [3.63, 3.8) is 0 Å². The monoisotopic (exact) mass is 163 g/mol. The molecular formula is C11H17N. The van der Waals surface area contributed by atoms with E-state index in [9.17, 15) is 0 Å². The second-order valence-electron chi connectivity index (χ2n) is 5.23. The summed E-state index contributed by atoms with van der Waals surface area (Å²) in [6.07, 6.45) is 2.59. The topological polar surface area (TPSA) is 23.8 Å². The van der Waals surface area contributed by atoms with Gasteiger partial charge in [-0.25, -0.2) is 0 Å². The standard InChI is InChI=1S/C11H17N/c1-7-4-8-5-10(9(7)6-12)11(8,2)3/h7-10H,4-5H2,1-3H3/t7-,8-,9+,10-/m1/s1. The van der Waals surface area contributed by atoms with Crippen LogP contribution < -0.4 is 0 Å². The highest BCUT2D eigenvalue weighted by atomic mass is 14.6. The zero-order chi connectivity index (χ0) is 8.93. The predicted octanol–water partition coefficient (Wildman–Crippen LogP) is 2.83. The fourth-order valence-electron chi connectivity index (χ4n) is 3.27. The van der Waals surface area contributed by atoms with Crippen LogP contribution in [-0.4, -0.2) is 0 Å². The lowest BCUT2D eigenvalue weighted by molar-refractivity contribution is -0.112. The minimum absolute atomic E-state index is 0.338. The molecule has 1 nitrogen and oxygen atoms in total. The van der Waals surface area contributed by atoms with Crippen LogP contribution in [0, 0.1) is 40.4 Å². The van der Waals surface area contributed by atoms with E-state index < -0.39 is 0 Å². The predicted molar refractivity (Wildman–Crippen MR) is 48.3 cm³/mol. The molecule has 0 aromatic rings. The highest BCUT2D eigenvalue weighted by Crippen LogP contribution is 2.62. The summed E-state index contributed by atoms with van der Waals surface area (Å²) in [5, 5.41) is 9.04. The van der Waals surface area contributed by atoms with Crippen LogP contribution in [0.4, 0.5) is 0 Å². The van der Waals surface area contributed by atoms with Crippen LogP contribution >= 0.6 is 0 Å². The van der Waals surface area contributed by atoms with Gasteiger partial charge in [0.1, 0.15) is 0 Å². The van der Waals surface area contributed by atoms with Gasteiger partial charge in [-0.05, 0) is 36.0 Å². The molecule has 0 spiro atoms. The number of nitriles is 1. The Morgan fingerprint density at radius 3 is 2.42 bits per heavy atom. The molecular weight excluding hydrogens is 146 g/mol. The Hall–Kier alpha value is -0.510. The lowest BCUT2D eigenvalue weighted by atomic mass is 9.43. The highest BCUT2D eigenvalue weighted by Gasteiger charge is 2.56. The van der Waals surface area contributed by atoms with E-state index in [4.69, 9.17) is 5.26 Å². The molecule has 3 fully saturated rings. The largest absolute Gasteiger partial charge is 0.198 e. The number of hydrogen-bond donors (Lipinski definition) is 0. The van der Waals surface area contributed by atoms with Gasteiger partial charge >= 0.3 is 0 Å². The normalized spacial score (nSPS) is 49.2. The van der Waals surface area contributed by atoms with Gasteiger partial charge in [-0.2, -0.15) is 5.26 Å². The van der Waals surface area contributed by atoms with Crippen molar-refractivity contribution in [3.05, 3.63) is 0 Å². The van der Waals surface area contributed by atoms with E-state index in [-0.39, 0.29) is 0 Å². The Morgan fingerprint density at radius 2 is 2.00 bits per heavy atom. The van der Waals surface area contributed by atoms with Gasteiger partial charge in [0.15, 0.2) is 0 Å². The summed E-state index contributed by atoms with van der Waals surface area (Å²) >= 11 is 0. The number of rotatable bonds is 0. The Kier molecular flexibility index (Phi) is 1.52. The van der Waals surface area contributed by atoms with Crippen molar-refractivity contribution in [2.75, 3.05) is 0 Å². The van der Waals surface area contributed by atoms with Crippen molar-refractivity contribution in [3.8, 4) is 6.07 Å². The minimum Gasteiger partial charge on any atom is -0.198 e. The van der Waals surface area contributed by atoms with E-state index in [0.29, 0.717) is 23.2 Å². The van der Waals surface area contributed by atoms with E-state index in [1.165, 1.54) is 12.8 Å². The summed E-state index contributed by atoms with van der Waals surface area (Å²) < 4.78 is 0. The van der Waals surface area contributed by atoms with E-state index >= 15 is 0 Å². The van der Waals surface area contributed by atoms with Crippen LogP contribution in [0.1, 0.15) is 33.6 Å². The van der Waals surface area contributed by atoms with Crippen LogP contribution in [0.5, 0.6) is 0 Å². The zero-order valence-electron chi connectivity index (χ0n) is 8.17. The fraction of sp³-hybridized carbons (Fsp3) is 0.909. The Morgan fingerprint density at radius 1 is 1.33 bits per heavy atom. The first kappa shape index (κ1) is 8.10. The molecule has 0 aromatic carbocycles. The Balaban J connectivity index is 2.22. The summed E-state index contributed by atoms with van der Waals surface area (Å²) in [5.41, 5.74) is 0.465. The molecule has 0 unspecified atom stereocenters. The smallest absolute Gasteiger partial charge is 0.0661 e. The Labute approximate surface area is 74.8 Å². The summed E-state index contributed by atoms with van der Waals surface area (Å²) in [5.74, 6) is 2.58. The third-order valence-corrected chi connectivity index (χ3v) is 4.40. The number of nitrogens with zero attached hydrogens (tertiary/aromatic N) is 1. The molecule has 0 heterocycles. The van der Waals surface area contributed by atoms with Gasteiger partial charge in [0, 0.05) is 0 Å². The molecule has 3 aliphatic carbocycles. The molecule has 3 saturated carbocycles. The summed E-state index contributed by atoms with van der Waals surface area (Å²) in [6.45, 7) is 6.91. The highest BCUT2D eigenvalue weighted by molar-refractivity contribution is 5.10. The molecule has 1 heteroatoms. The lowest BCUT2D eigenvalue weighted by Crippen LogP contribution is -2.54.